The predicted octanol–water partition coefficient (Wildman–Crippen LogP) is 3.07. The zero-order valence-electron chi connectivity index (χ0n) is 19.5. The van der Waals surface area contributed by atoms with Crippen LogP contribution in [0, 0.1) is 13.8 Å². The van der Waals surface area contributed by atoms with Crippen LogP contribution < -0.4 is 17.0 Å². The third kappa shape index (κ3) is 4.23. The fourth-order valence-electron chi connectivity index (χ4n) is 4.33. The molecule has 0 spiro atoms. The molecule has 5 aromatic rings. The highest BCUT2D eigenvalue weighted by atomic mass is 16.2. The number of hydrogen-bond donors (Lipinski definition) is 1. The van der Waals surface area contributed by atoms with Crippen LogP contribution in [0.4, 0.5) is 5.95 Å². The van der Waals surface area contributed by atoms with Crippen LogP contribution in [0.2, 0.25) is 0 Å². The lowest BCUT2D eigenvalue weighted by molar-refractivity contribution is 0.508. The Morgan fingerprint density at radius 1 is 0.857 bits per heavy atom. The zero-order chi connectivity index (χ0) is 24.5. The van der Waals surface area contributed by atoms with Gasteiger partial charge in [0.15, 0.2) is 5.65 Å². The van der Waals surface area contributed by atoms with Gasteiger partial charge in [0.05, 0.1) is 11.3 Å². The summed E-state index contributed by atoms with van der Waals surface area (Å²) in [4.78, 5) is 34.4. The first kappa shape index (κ1) is 22.3. The summed E-state index contributed by atoms with van der Waals surface area (Å²) in [7, 11) is 0. The van der Waals surface area contributed by atoms with E-state index in [1.807, 2.05) is 56.3 Å². The van der Waals surface area contributed by atoms with E-state index in [-0.39, 0.29) is 17.2 Å². The Kier molecular flexibility index (Phi) is 5.74. The maximum Gasteiger partial charge on any atom is 0.353 e. The van der Waals surface area contributed by atoms with E-state index >= 15 is 0 Å². The Morgan fingerprint density at radius 3 is 2.29 bits per heavy atom. The Labute approximate surface area is 201 Å². The van der Waals surface area contributed by atoms with E-state index in [2.05, 4.69) is 15.1 Å². The second-order valence-electron chi connectivity index (χ2n) is 8.45. The molecule has 0 saturated heterocycles. The fourth-order valence-corrected chi connectivity index (χ4v) is 4.33. The lowest BCUT2D eigenvalue weighted by atomic mass is 9.99. The molecule has 0 amide bonds. The molecular formula is C26H25N7O2. The molecule has 0 unspecified atom stereocenters. The molecule has 0 fully saturated rings. The average molecular weight is 468 g/mol. The average Bonchev–Trinajstić information content (AvgIpc) is 3.16. The highest BCUT2D eigenvalue weighted by Gasteiger charge is 2.21. The summed E-state index contributed by atoms with van der Waals surface area (Å²) >= 11 is 0. The van der Waals surface area contributed by atoms with Gasteiger partial charge in [0.1, 0.15) is 0 Å². The van der Waals surface area contributed by atoms with Crippen molar-refractivity contribution in [2.24, 2.45) is 0 Å². The number of nitrogen functional groups attached to an aromatic ring is 1. The number of anilines is 1. The van der Waals surface area contributed by atoms with Gasteiger partial charge in [-0.2, -0.15) is 0 Å². The fraction of sp³-hybridized carbons (Fsp3) is 0.192. The number of hydrogen-bond acceptors (Lipinski definition) is 6. The summed E-state index contributed by atoms with van der Waals surface area (Å²) in [6, 6.07) is 18.6. The molecule has 0 saturated carbocycles. The van der Waals surface area contributed by atoms with Crippen molar-refractivity contribution >= 4 is 11.6 Å². The van der Waals surface area contributed by atoms with Gasteiger partial charge < -0.3 is 10.3 Å². The molecule has 0 aliphatic carbocycles. The van der Waals surface area contributed by atoms with E-state index in [1.165, 1.54) is 15.1 Å². The molecule has 0 aliphatic rings. The molecule has 9 nitrogen and oxygen atoms in total. The molecule has 0 atom stereocenters. The topological polar surface area (TPSA) is 113 Å². The van der Waals surface area contributed by atoms with Crippen molar-refractivity contribution in [3.8, 4) is 22.4 Å². The van der Waals surface area contributed by atoms with Crippen LogP contribution in [0.25, 0.3) is 28.0 Å². The lowest BCUT2D eigenvalue weighted by Crippen LogP contribution is -2.25. The molecular weight excluding hydrogens is 442 g/mol. The number of fused-ring (bicyclic) bond motifs is 1. The van der Waals surface area contributed by atoms with Crippen LogP contribution in [-0.4, -0.2) is 28.7 Å². The van der Waals surface area contributed by atoms with Crippen molar-refractivity contribution in [3.63, 3.8) is 0 Å². The van der Waals surface area contributed by atoms with Gasteiger partial charge in [-0.15, -0.1) is 5.10 Å². The molecule has 4 heterocycles. The van der Waals surface area contributed by atoms with E-state index in [9.17, 15) is 9.59 Å². The largest absolute Gasteiger partial charge is 0.369 e. The third-order valence-electron chi connectivity index (χ3n) is 5.84. The van der Waals surface area contributed by atoms with Crippen molar-refractivity contribution in [2.75, 3.05) is 5.73 Å². The minimum absolute atomic E-state index is 0.0700. The number of aromatic nitrogens is 6. The van der Waals surface area contributed by atoms with Crippen LogP contribution in [-0.2, 0) is 13.1 Å². The quantitative estimate of drug-likeness (QED) is 0.411. The number of aryl methyl sites for hydroxylation is 4. The number of nitrogens with zero attached hydrogens (tertiary/aromatic N) is 6. The number of rotatable bonds is 6. The normalized spacial score (nSPS) is 11.3. The van der Waals surface area contributed by atoms with Crippen LogP contribution >= 0.6 is 0 Å². The Bertz CT molecular complexity index is 1630. The van der Waals surface area contributed by atoms with Gasteiger partial charge in [-0.25, -0.2) is 18.9 Å². The van der Waals surface area contributed by atoms with Crippen LogP contribution in [0.5, 0.6) is 0 Å². The molecule has 4 aromatic heterocycles. The Balaban J connectivity index is 1.66. The summed E-state index contributed by atoms with van der Waals surface area (Å²) in [5.41, 5.74) is 11.1. The van der Waals surface area contributed by atoms with Gasteiger partial charge in [0.25, 0.3) is 0 Å². The van der Waals surface area contributed by atoms with Gasteiger partial charge in [-0.3, -0.25) is 9.78 Å². The summed E-state index contributed by atoms with van der Waals surface area (Å²) in [6.45, 7) is 4.65. The van der Waals surface area contributed by atoms with E-state index < -0.39 is 0 Å². The summed E-state index contributed by atoms with van der Waals surface area (Å²) in [6.07, 6.45) is 2.28. The molecule has 2 N–H and O–H groups in total. The van der Waals surface area contributed by atoms with E-state index in [0.29, 0.717) is 36.4 Å². The first-order valence-electron chi connectivity index (χ1n) is 11.4. The molecule has 5 rings (SSSR count). The molecule has 0 aliphatic heterocycles. The van der Waals surface area contributed by atoms with Crippen LogP contribution in [0.1, 0.15) is 17.8 Å². The Morgan fingerprint density at radius 2 is 1.57 bits per heavy atom. The smallest absolute Gasteiger partial charge is 0.353 e. The van der Waals surface area contributed by atoms with E-state index in [1.54, 1.807) is 22.9 Å². The molecule has 176 valence electrons. The summed E-state index contributed by atoms with van der Waals surface area (Å²) < 4.78 is 4.35. The van der Waals surface area contributed by atoms with Gasteiger partial charge in [-0.1, -0.05) is 36.4 Å². The number of pyridine rings is 2. The van der Waals surface area contributed by atoms with Crippen molar-refractivity contribution < 1.29 is 0 Å². The molecule has 0 radical (unpaired) electrons. The third-order valence-corrected chi connectivity index (χ3v) is 5.84. The standard InChI is InChI=1S/C26H25N7O2/c1-17-15-20(16-18(2)28-17)22-23(19-9-4-3-5-10-19)29-25(27)33-24(22)30-32(26(33)35)14-8-13-31-12-7-6-11-21(31)34/h3-7,9-12,15-16H,8,13-14H2,1-2H3,(H2,27,29). The highest BCUT2D eigenvalue weighted by Crippen LogP contribution is 2.34. The van der Waals surface area contributed by atoms with Gasteiger partial charge in [-0.05, 0) is 44.0 Å². The second kappa shape index (κ2) is 9.02. The van der Waals surface area contributed by atoms with Crippen molar-refractivity contribution in [2.45, 2.75) is 33.4 Å². The van der Waals surface area contributed by atoms with Gasteiger partial charge in [0.2, 0.25) is 11.5 Å². The van der Waals surface area contributed by atoms with Crippen LogP contribution in [0.15, 0.2) is 76.4 Å². The minimum atomic E-state index is -0.367. The van der Waals surface area contributed by atoms with E-state index in [4.69, 9.17) is 5.73 Å². The molecule has 0 bridgehead atoms. The van der Waals surface area contributed by atoms with Gasteiger partial charge in [0, 0.05) is 42.3 Å². The second-order valence-corrected chi connectivity index (χ2v) is 8.45. The first-order chi connectivity index (χ1) is 16.9. The summed E-state index contributed by atoms with van der Waals surface area (Å²) in [5.74, 6) is 0.0700. The lowest BCUT2D eigenvalue weighted by Gasteiger charge is -2.13. The van der Waals surface area contributed by atoms with Crippen LogP contribution in [0.3, 0.4) is 0 Å². The number of nitrogens with two attached hydrogens (primary N) is 1. The maximum absolute atomic E-state index is 13.3. The Hall–Kier alpha value is -4.53. The predicted molar refractivity (Wildman–Crippen MR) is 135 cm³/mol. The van der Waals surface area contributed by atoms with Crippen molar-refractivity contribution in [1.82, 2.24) is 28.7 Å². The SMILES string of the molecule is Cc1cc(-c2c(-c3ccccc3)nc(N)n3c(=O)n(CCCn4ccccc4=O)nc23)cc(C)n1. The minimum Gasteiger partial charge on any atom is -0.369 e. The maximum atomic E-state index is 13.3. The molecule has 9 heteroatoms. The zero-order valence-corrected chi connectivity index (χ0v) is 19.5. The first-order valence-corrected chi connectivity index (χ1v) is 11.4. The van der Waals surface area contributed by atoms with E-state index in [0.717, 1.165) is 22.5 Å². The molecule has 35 heavy (non-hydrogen) atoms. The molecule has 1 aromatic carbocycles. The monoisotopic (exact) mass is 467 g/mol. The van der Waals surface area contributed by atoms with Gasteiger partial charge >= 0.3 is 5.69 Å². The van der Waals surface area contributed by atoms with Crippen molar-refractivity contribution in [3.05, 3.63) is 99.1 Å². The number of benzene rings is 1. The highest BCUT2D eigenvalue weighted by molar-refractivity contribution is 5.90. The van der Waals surface area contributed by atoms with Crippen molar-refractivity contribution in [1.29, 1.82) is 0 Å². The summed E-state index contributed by atoms with van der Waals surface area (Å²) in [5, 5.41) is 4.69.